The van der Waals surface area contributed by atoms with E-state index in [2.05, 4.69) is 145 Å². The van der Waals surface area contributed by atoms with Gasteiger partial charge in [-0.05, 0) is 54.4 Å². The van der Waals surface area contributed by atoms with Gasteiger partial charge < -0.3 is 11.1 Å². The summed E-state index contributed by atoms with van der Waals surface area (Å²) in [7, 11) is 0. The Labute approximate surface area is 260 Å². The van der Waals surface area contributed by atoms with Crippen molar-refractivity contribution in [3.05, 3.63) is 150 Å². The van der Waals surface area contributed by atoms with Crippen LogP contribution in [0.2, 0.25) is 10.6 Å². The summed E-state index contributed by atoms with van der Waals surface area (Å²) in [5.41, 5.74) is 16.0. The van der Waals surface area contributed by atoms with Gasteiger partial charge in [0.05, 0.1) is 0 Å². The fraction of sp³-hybridized carbons (Fsp3) is 0.225. The van der Waals surface area contributed by atoms with E-state index < -0.39 is 0 Å². The topological polar surface area (TPSA) is 49.9 Å². The van der Waals surface area contributed by atoms with E-state index in [0.29, 0.717) is 17.2 Å². The summed E-state index contributed by atoms with van der Waals surface area (Å²) in [5, 5.41) is 6.42. The zero-order valence-electron chi connectivity index (χ0n) is 26.8. The minimum Gasteiger partial charge on any atom is -0.326 e. The maximum absolute atomic E-state index is 5.60. The van der Waals surface area contributed by atoms with Crippen LogP contribution in [0.15, 0.2) is 133 Å². The Kier molecular flexibility index (Phi) is 11.9. The number of benzene rings is 5. The van der Waals surface area contributed by atoms with Crippen molar-refractivity contribution in [2.24, 2.45) is 5.73 Å². The lowest BCUT2D eigenvalue weighted by Crippen LogP contribution is -2.19. The summed E-state index contributed by atoms with van der Waals surface area (Å²) < 4.78 is 0. The minimum absolute atomic E-state index is 0.461. The Bertz CT molecular complexity index is 1530. The molecule has 0 unspecified atom stereocenters. The first-order valence-electron chi connectivity index (χ1n) is 15.0. The molecule has 3 heteroatoms. The molecule has 0 radical (unpaired) electrons. The molecule has 43 heavy (non-hydrogen) atoms. The number of hydrogen-bond acceptors (Lipinski definition) is 2. The molecule has 5 aromatic carbocycles. The number of nitrogens with two attached hydrogens (primary N) is 1. The van der Waals surface area contributed by atoms with E-state index >= 15 is 0 Å². The van der Waals surface area contributed by atoms with Gasteiger partial charge >= 0.3 is 0 Å². The third-order valence-corrected chi connectivity index (χ3v) is 8.83. The minimum atomic E-state index is 0.461. The van der Waals surface area contributed by atoms with Crippen molar-refractivity contribution in [3.8, 4) is 22.3 Å². The fourth-order valence-corrected chi connectivity index (χ4v) is 5.75. The Morgan fingerprint density at radius 2 is 0.977 bits per heavy atom. The molecule has 0 bridgehead atoms. The van der Waals surface area contributed by atoms with Crippen molar-refractivity contribution in [1.29, 1.82) is 5.41 Å². The van der Waals surface area contributed by atoms with Gasteiger partial charge in [0.25, 0.3) is 0 Å². The lowest BCUT2D eigenvalue weighted by atomic mass is 9.53. The van der Waals surface area contributed by atoms with Crippen LogP contribution in [0.3, 0.4) is 0 Å². The standard InChI is InChI=1S/C13H19B.C13H13N.C13H12.CH3N/c1-10-6-8-11(9-7-10)14-12(2,3)13(14,4)5;14-10-11-5-4-8-13(9-11)12-6-2-1-3-7-12;1-11-6-5-9-13(10-11)12-7-3-2-4-8-12;1-2/h6-9H,1-5H3;1-9H,10,14H2;2-10H,1H3;2H,1H2. The van der Waals surface area contributed by atoms with Crippen molar-refractivity contribution in [2.75, 3.05) is 0 Å². The van der Waals surface area contributed by atoms with E-state index in [4.69, 9.17) is 11.1 Å². The summed E-state index contributed by atoms with van der Waals surface area (Å²) in [6.45, 7) is 17.6. The predicted octanol–water partition coefficient (Wildman–Crippen LogP) is 10.0. The van der Waals surface area contributed by atoms with Gasteiger partial charge in [0.15, 0.2) is 6.71 Å². The van der Waals surface area contributed by atoms with Crippen LogP contribution in [0, 0.1) is 19.3 Å². The highest BCUT2D eigenvalue weighted by atomic mass is 14.5. The first-order chi connectivity index (χ1) is 20.6. The number of aryl methyl sites for hydroxylation is 2. The molecule has 5 aromatic rings. The van der Waals surface area contributed by atoms with Crippen LogP contribution in [-0.2, 0) is 6.54 Å². The molecule has 1 aliphatic rings. The lowest BCUT2D eigenvalue weighted by molar-refractivity contribution is 0.628. The zero-order chi connectivity index (χ0) is 31.5. The van der Waals surface area contributed by atoms with Crippen LogP contribution in [-0.4, -0.2) is 13.4 Å². The Hall–Kier alpha value is -4.21. The highest BCUT2D eigenvalue weighted by Gasteiger charge is 2.67. The van der Waals surface area contributed by atoms with E-state index in [1.165, 1.54) is 44.4 Å². The molecule has 1 heterocycles. The van der Waals surface area contributed by atoms with Crippen LogP contribution in [0.5, 0.6) is 0 Å². The second-order valence-corrected chi connectivity index (χ2v) is 12.3. The van der Waals surface area contributed by atoms with E-state index in [-0.39, 0.29) is 0 Å². The first kappa shape index (κ1) is 33.3. The van der Waals surface area contributed by atoms with E-state index in [1.54, 1.807) is 0 Å². The average Bonchev–Trinajstić information content (AvgIpc) is 3.47. The van der Waals surface area contributed by atoms with Crippen LogP contribution < -0.4 is 11.2 Å². The molecule has 0 spiro atoms. The highest BCUT2D eigenvalue weighted by Crippen LogP contribution is 2.73. The molecule has 220 valence electrons. The highest BCUT2D eigenvalue weighted by molar-refractivity contribution is 6.89. The van der Waals surface area contributed by atoms with Crippen LogP contribution in [0.25, 0.3) is 22.3 Å². The van der Waals surface area contributed by atoms with Crippen molar-refractivity contribution in [1.82, 2.24) is 0 Å². The third-order valence-electron chi connectivity index (χ3n) is 8.83. The summed E-state index contributed by atoms with van der Waals surface area (Å²) in [6, 6.07) is 46.7. The van der Waals surface area contributed by atoms with Gasteiger partial charge in [-0.25, -0.2) is 0 Å². The van der Waals surface area contributed by atoms with Crippen LogP contribution in [0.1, 0.15) is 44.4 Å². The normalized spacial score (nSPS) is 13.6. The van der Waals surface area contributed by atoms with Gasteiger partial charge in [-0.3, -0.25) is 0 Å². The van der Waals surface area contributed by atoms with E-state index in [0.717, 1.165) is 6.71 Å². The maximum atomic E-state index is 5.60. The number of rotatable bonds is 4. The lowest BCUT2D eigenvalue weighted by Gasteiger charge is -2.06. The Balaban J connectivity index is 0.000000172. The average molecular weight is 567 g/mol. The molecular weight excluding hydrogens is 519 g/mol. The largest absolute Gasteiger partial charge is 0.326 e. The van der Waals surface area contributed by atoms with Crippen molar-refractivity contribution >= 4 is 18.9 Å². The molecule has 3 N–H and O–H groups in total. The molecule has 0 atom stereocenters. The molecule has 0 aromatic heterocycles. The van der Waals surface area contributed by atoms with Gasteiger partial charge in [0.2, 0.25) is 0 Å². The fourth-order valence-electron chi connectivity index (χ4n) is 5.75. The molecule has 0 aliphatic carbocycles. The Morgan fingerprint density at radius 1 is 0.535 bits per heavy atom. The van der Waals surface area contributed by atoms with Crippen molar-refractivity contribution in [2.45, 2.75) is 58.7 Å². The number of hydrogen-bond donors (Lipinski definition) is 2. The molecule has 1 saturated heterocycles. The van der Waals surface area contributed by atoms with Gasteiger partial charge in [0.1, 0.15) is 0 Å². The van der Waals surface area contributed by atoms with E-state index in [1.807, 2.05) is 36.4 Å². The summed E-state index contributed by atoms with van der Waals surface area (Å²) in [4.78, 5) is 0. The molecule has 2 nitrogen and oxygen atoms in total. The quantitative estimate of drug-likeness (QED) is 0.165. The first-order valence-corrected chi connectivity index (χ1v) is 15.0. The molecule has 1 aliphatic heterocycles. The van der Waals surface area contributed by atoms with E-state index in [9.17, 15) is 0 Å². The molecular formula is C40H47BN2. The number of nitrogens with one attached hydrogen (secondary N) is 1. The molecule has 0 saturated carbocycles. The zero-order valence-corrected chi connectivity index (χ0v) is 26.8. The summed E-state index contributed by atoms with van der Waals surface area (Å²) >= 11 is 0. The van der Waals surface area contributed by atoms with Crippen LogP contribution in [0.4, 0.5) is 0 Å². The molecule has 6 rings (SSSR count). The van der Waals surface area contributed by atoms with Gasteiger partial charge in [-0.1, -0.05) is 182 Å². The monoisotopic (exact) mass is 566 g/mol. The van der Waals surface area contributed by atoms with Crippen molar-refractivity contribution in [3.63, 3.8) is 0 Å². The smallest absolute Gasteiger partial charge is 0.187 e. The summed E-state index contributed by atoms with van der Waals surface area (Å²) in [6.07, 6.45) is 0. The summed E-state index contributed by atoms with van der Waals surface area (Å²) in [5.74, 6) is 0. The van der Waals surface area contributed by atoms with Gasteiger partial charge in [-0.15, -0.1) is 0 Å². The second kappa shape index (κ2) is 15.3. The predicted molar refractivity (Wildman–Crippen MR) is 191 cm³/mol. The Morgan fingerprint density at radius 3 is 1.42 bits per heavy atom. The molecule has 1 fully saturated rings. The maximum Gasteiger partial charge on any atom is 0.187 e. The second-order valence-electron chi connectivity index (χ2n) is 12.3. The van der Waals surface area contributed by atoms with Gasteiger partial charge in [-0.2, -0.15) is 0 Å². The van der Waals surface area contributed by atoms with Crippen molar-refractivity contribution < 1.29 is 0 Å². The molecule has 0 amide bonds. The van der Waals surface area contributed by atoms with Gasteiger partial charge in [0, 0.05) is 6.54 Å². The van der Waals surface area contributed by atoms with Crippen LogP contribution >= 0.6 is 0 Å². The third kappa shape index (κ3) is 8.66. The SMILES string of the molecule is C=N.Cc1ccc(B2C(C)(C)C2(C)C)cc1.Cc1cccc(-c2ccccc2)c1.NCc1cccc(-c2ccccc2)c1.